The zero-order valence-electron chi connectivity index (χ0n) is 13.0. The summed E-state index contributed by atoms with van der Waals surface area (Å²) in [6, 6.07) is 7.44. The molecule has 118 valence electrons. The van der Waals surface area contributed by atoms with Crippen molar-refractivity contribution in [1.29, 1.82) is 0 Å². The Bertz CT molecular complexity index is 578. The van der Waals surface area contributed by atoms with Gasteiger partial charge in [0.05, 0.1) is 0 Å². The van der Waals surface area contributed by atoms with Gasteiger partial charge in [-0.1, -0.05) is 12.1 Å². The molecule has 1 aromatic rings. The van der Waals surface area contributed by atoms with E-state index in [0.717, 1.165) is 5.56 Å². The molecule has 2 rings (SSSR count). The molecule has 0 unspecified atom stereocenters. The minimum Gasteiger partial charge on any atom is -0.339 e. The van der Waals surface area contributed by atoms with Gasteiger partial charge in [-0.05, 0) is 24.6 Å². The Hall–Kier alpha value is -2.37. The zero-order valence-corrected chi connectivity index (χ0v) is 13.0. The van der Waals surface area contributed by atoms with E-state index in [2.05, 4.69) is 5.32 Å². The average Bonchev–Trinajstić information content (AvgIpc) is 2.47. The highest BCUT2D eigenvalue weighted by molar-refractivity contribution is 6.03. The molecule has 0 bridgehead atoms. The zero-order chi connectivity index (χ0) is 16.1. The first-order valence-corrected chi connectivity index (χ1v) is 7.35. The average molecular weight is 303 g/mol. The lowest BCUT2D eigenvalue weighted by Gasteiger charge is -2.34. The fraction of sp³-hybridized carbons (Fsp3) is 0.438. The van der Waals surface area contributed by atoms with Crippen molar-refractivity contribution in [3.8, 4) is 0 Å². The smallest absolute Gasteiger partial charge is 0.233 e. The number of carbonyl (C=O) groups is 3. The highest BCUT2D eigenvalue weighted by Crippen LogP contribution is 2.10. The lowest BCUT2D eigenvalue weighted by Crippen LogP contribution is -2.50. The summed E-state index contributed by atoms with van der Waals surface area (Å²) in [5.74, 6) is -0.498. The molecule has 1 fully saturated rings. The van der Waals surface area contributed by atoms with Gasteiger partial charge in [-0.3, -0.25) is 14.4 Å². The molecule has 0 saturated carbocycles. The number of piperazine rings is 1. The highest BCUT2D eigenvalue weighted by atomic mass is 16.2. The van der Waals surface area contributed by atoms with E-state index in [0.29, 0.717) is 31.9 Å². The van der Waals surface area contributed by atoms with Crippen molar-refractivity contribution in [2.24, 2.45) is 0 Å². The Kier molecular flexibility index (Phi) is 5.14. The predicted molar refractivity (Wildman–Crippen MR) is 83.3 cm³/mol. The number of benzene rings is 1. The van der Waals surface area contributed by atoms with E-state index in [1.165, 1.54) is 6.92 Å². The minimum atomic E-state index is -0.315. The van der Waals surface area contributed by atoms with Gasteiger partial charge in [0.25, 0.3) is 0 Å². The summed E-state index contributed by atoms with van der Waals surface area (Å²) in [5.41, 5.74) is 1.74. The Morgan fingerprint density at radius 2 is 1.73 bits per heavy atom. The number of amides is 3. The fourth-order valence-electron chi connectivity index (χ4n) is 2.45. The fourth-order valence-corrected chi connectivity index (χ4v) is 2.45. The normalized spacial score (nSPS) is 14.6. The van der Waals surface area contributed by atoms with E-state index in [1.807, 2.05) is 25.1 Å². The van der Waals surface area contributed by atoms with Crippen LogP contribution in [0.1, 0.15) is 18.9 Å². The van der Waals surface area contributed by atoms with Crippen molar-refractivity contribution in [2.45, 2.75) is 20.3 Å². The van der Waals surface area contributed by atoms with Gasteiger partial charge in [0.2, 0.25) is 17.7 Å². The summed E-state index contributed by atoms with van der Waals surface area (Å²) in [7, 11) is 0. The maximum atomic E-state index is 12.1. The van der Waals surface area contributed by atoms with E-state index < -0.39 is 0 Å². The molecule has 6 nitrogen and oxygen atoms in total. The molecule has 22 heavy (non-hydrogen) atoms. The second-order valence-corrected chi connectivity index (χ2v) is 5.48. The van der Waals surface area contributed by atoms with Crippen LogP contribution >= 0.6 is 0 Å². The molecule has 6 heteroatoms. The van der Waals surface area contributed by atoms with Crippen LogP contribution in [0.15, 0.2) is 24.3 Å². The Labute approximate surface area is 130 Å². The second kappa shape index (κ2) is 7.06. The van der Waals surface area contributed by atoms with Crippen LogP contribution in [0.3, 0.4) is 0 Å². The van der Waals surface area contributed by atoms with Gasteiger partial charge in [-0.15, -0.1) is 0 Å². The van der Waals surface area contributed by atoms with Crippen LogP contribution in [0.4, 0.5) is 5.69 Å². The monoisotopic (exact) mass is 303 g/mol. The van der Waals surface area contributed by atoms with Gasteiger partial charge < -0.3 is 15.1 Å². The summed E-state index contributed by atoms with van der Waals surface area (Å²) in [6.07, 6.45) is -0.173. The van der Waals surface area contributed by atoms with Crippen molar-refractivity contribution in [3.63, 3.8) is 0 Å². The number of hydrogen-bond donors (Lipinski definition) is 1. The first-order valence-electron chi connectivity index (χ1n) is 7.35. The molecule has 0 aromatic heterocycles. The van der Waals surface area contributed by atoms with Crippen LogP contribution in [0.25, 0.3) is 0 Å². The van der Waals surface area contributed by atoms with Crippen LogP contribution in [-0.4, -0.2) is 53.7 Å². The van der Waals surface area contributed by atoms with Gasteiger partial charge in [0, 0.05) is 38.8 Å². The Balaban J connectivity index is 1.82. The van der Waals surface area contributed by atoms with Crippen LogP contribution in [0.2, 0.25) is 0 Å². The summed E-state index contributed by atoms with van der Waals surface area (Å²) >= 11 is 0. The molecule has 0 spiro atoms. The molecule has 0 radical (unpaired) electrons. The number of rotatable bonds is 3. The van der Waals surface area contributed by atoms with Crippen molar-refractivity contribution >= 4 is 23.4 Å². The molecule has 0 aliphatic carbocycles. The van der Waals surface area contributed by atoms with Crippen molar-refractivity contribution < 1.29 is 14.4 Å². The summed E-state index contributed by atoms with van der Waals surface area (Å²) in [5, 5.41) is 2.73. The van der Waals surface area contributed by atoms with Gasteiger partial charge in [0.1, 0.15) is 6.42 Å². The van der Waals surface area contributed by atoms with E-state index in [1.54, 1.807) is 15.9 Å². The topological polar surface area (TPSA) is 69.7 Å². The van der Waals surface area contributed by atoms with Crippen LogP contribution in [0, 0.1) is 6.92 Å². The number of aryl methyl sites for hydroxylation is 1. The molecule has 1 saturated heterocycles. The minimum absolute atomic E-state index is 0.0179. The van der Waals surface area contributed by atoms with E-state index >= 15 is 0 Å². The number of nitrogens with zero attached hydrogens (tertiary/aromatic N) is 2. The molecular weight excluding hydrogens is 282 g/mol. The SMILES string of the molecule is CC(=O)N1CCN(C(=O)CC(=O)Nc2cccc(C)c2)CC1. The lowest BCUT2D eigenvalue weighted by molar-refractivity contribution is -0.140. The van der Waals surface area contributed by atoms with E-state index in [9.17, 15) is 14.4 Å². The van der Waals surface area contributed by atoms with Gasteiger partial charge in [0.15, 0.2) is 0 Å². The van der Waals surface area contributed by atoms with Gasteiger partial charge in [-0.25, -0.2) is 0 Å². The van der Waals surface area contributed by atoms with Crippen molar-refractivity contribution in [2.75, 3.05) is 31.5 Å². The third-order valence-electron chi connectivity index (χ3n) is 3.69. The maximum absolute atomic E-state index is 12.1. The van der Waals surface area contributed by atoms with Crippen molar-refractivity contribution in [3.05, 3.63) is 29.8 Å². The highest BCUT2D eigenvalue weighted by Gasteiger charge is 2.23. The molecule has 0 atom stereocenters. The number of carbonyl (C=O) groups excluding carboxylic acids is 3. The molecule has 1 heterocycles. The Morgan fingerprint density at radius 3 is 2.32 bits per heavy atom. The first-order chi connectivity index (χ1) is 10.5. The maximum Gasteiger partial charge on any atom is 0.233 e. The lowest BCUT2D eigenvalue weighted by atomic mass is 10.2. The standard InChI is InChI=1S/C16H21N3O3/c1-12-4-3-5-14(10-12)17-15(21)11-16(22)19-8-6-18(7-9-19)13(2)20/h3-5,10H,6-9,11H2,1-2H3,(H,17,21). The molecule has 1 aromatic carbocycles. The summed E-state index contributed by atoms with van der Waals surface area (Å²) in [6.45, 7) is 5.48. The van der Waals surface area contributed by atoms with Gasteiger partial charge in [-0.2, -0.15) is 0 Å². The summed E-state index contributed by atoms with van der Waals surface area (Å²) in [4.78, 5) is 38.6. The molecule has 1 aliphatic heterocycles. The molecular formula is C16H21N3O3. The van der Waals surface area contributed by atoms with E-state index in [-0.39, 0.29) is 24.1 Å². The predicted octanol–water partition coefficient (Wildman–Crippen LogP) is 1.01. The Morgan fingerprint density at radius 1 is 1.09 bits per heavy atom. The van der Waals surface area contributed by atoms with E-state index in [4.69, 9.17) is 0 Å². The van der Waals surface area contributed by atoms with Crippen molar-refractivity contribution in [1.82, 2.24) is 9.80 Å². The number of nitrogens with one attached hydrogen (secondary N) is 1. The molecule has 1 N–H and O–H groups in total. The van der Waals surface area contributed by atoms with Crippen LogP contribution in [0.5, 0.6) is 0 Å². The quantitative estimate of drug-likeness (QED) is 0.847. The molecule has 3 amide bonds. The number of anilines is 1. The van der Waals surface area contributed by atoms with Crippen LogP contribution < -0.4 is 5.32 Å². The second-order valence-electron chi connectivity index (χ2n) is 5.48. The first kappa shape index (κ1) is 16.0. The third kappa shape index (κ3) is 4.31. The van der Waals surface area contributed by atoms with Gasteiger partial charge >= 0.3 is 0 Å². The molecule has 1 aliphatic rings. The largest absolute Gasteiger partial charge is 0.339 e. The third-order valence-corrected chi connectivity index (χ3v) is 3.69. The van der Waals surface area contributed by atoms with Crippen LogP contribution in [-0.2, 0) is 14.4 Å². The number of hydrogen-bond acceptors (Lipinski definition) is 3. The summed E-state index contributed by atoms with van der Waals surface area (Å²) < 4.78 is 0.